The lowest BCUT2D eigenvalue weighted by atomic mass is 10.1. The number of hydrogen-bond acceptors (Lipinski definition) is 3. The summed E-state index contributed by atoms with van der Waals surface area (Å²) in [6.07, 6.45) is 1.65. The van der Waals surface area contributed by atoms with E-state index in [2.05, 4.69) is 10.0 Å². The van der Waals surface area contributed by atoms with Crippen molar-refractivity contribution in [2.45, 2.75) is 45.2 Å². The molecule has 1 rings (SSSR count). The molecule has 1 aromatic rings. The lowest BCUT2D eigenvalue weighted by Gasteiger charge is -2.16. The van der Waals surface area contributed by atoms with Crippen molar-refractivity contribution in [2.24, 2.45) is 13.0 Å². The van der Waals surface area contributed by atoms with Crippen molar-refractivity contribution in [3.8, 4) is 0 Å². The third-order valence-electron chi connectivity index (χ3n) is 3.29. The fourth-order valence-corrected chi connectivity index (χ4v) is 3.09. The minimum atomic E-state index is -3.43. The minimum absolute atomic E-state index is 0.0811. The Morgan fingerprint density at radius 2 is 1.95 bits per heavy atom. The molecule has 0 amide bonds. The Balaban J connectivity index is 2.90. The number of aryl methyl sites for hydroxylation is 1. The van der Waals surface area contributed by atoms with Crippen molar-refractivity contribution in [1.82, 2.24) is 14.6 Å². The van der Waals surface area contributed by atoms with E-state index in [0.29, 0.717) is 11.4 Å². The van der Waals surface area contributed by atoms with Crippen molar-refractivity contribution < 1.29 is 8.42 Å². The smallest absolute Gasteiger partial charge is 0.242 e. The highest BCUT2D eigenvalue weighted by atomic mass is 32.2. The van der Waals surface area contributed by atoms with Gasteiger partial charge in [-0.1, -0.05) is 20.8 Å². The predicted molar refractivity (Wildman–Crippen MR) is 77.4 cm³/mol. The van der Waals surface area contributed by atoms with Crippen LogP contribution in [0, 0.1) is 5.92 Å². The van der Waals surface area contributed by atoms with Crippen LogP contribution in [-0.2, 0) is 23.6 Å². The topological polar surface area (TPSA) is 63.1 Å². The van der Waals surface area contributed by atoms with Crippen LogP contribution < -0.4 is 10.0 Å². The molecule has 2 N–H and O–H groups in total. The Morgan fingerprint density at radius 3 is 2.47 bits per heavy atom. The lowest BCUT2D eigenvalue weighted by Crippen LogP contribution is -2.35. The summed E-state index contributed by atoms with van der Waals surface area (Å²) >= 11 is 0. The van der Waals surface area contributed by atoms with E-state index in [9.17, 15) is 8.42 Å². The van der Waals surface area contributed by atoms with Gasteiger partial charge in [0.15, 0.2) is 0 Å². The third-order valence-corrected chi connectivity index (χ3v) is 4.82. The van der Waals surface area contributed by atoms with Crippen LogP contribution in [0.15, 0.2) is 17.2 Å². The van der Waals surface area contributed by atoms with Gasteiger partial charge in [-0.3, -0.25) is 0 Å². The first-order valence-corrected chi connectivity index (χ1v) is 8.14. The first kappa shape index (κ1) is 16.2. The number of aromatic nitrogens is 1. The summed E-state index contributed by atoms with van der Waals surface area (Å²) in [7, 11) is -1.57. The fourth-order valence-electron chi connectivity index (χ4n) is 1.60. The normalized spacial score (nSPS) is 14.0. The van der Waals surface area contributed by atoms with Crippen LogP contribution in [0.3, 0.4) is 0 Å². The fraction of sp³-hybridized carbons (Fsp3) is 0.692. The van der Waals surface area contributed by atoms with Crippen LogP contribution in [0.1, 0.15) is 33.4 Å². The van der Waals surface area contributed by atoms with Crippen molar-refractivity contribution in [3.63, 3.8) is 0 Å². The van der Waals surface area contributed by atoms with E-state index in [1.807, 2.05) is 39.3 Å². The molecule has 5 nitrogen and oxygen atoms in total. The maximum Gasteiger partial charge on any atom is 0.242 e. The van der Waals surface area contributed by atoms with Gasteiger partial charge in [0.25, 0.3) is 0 Å². The van der Waals surface area contributed by atoms with E-state index in [1.165, 1.54) is 0 Å². The first-order chi connectivity index (χ1) is 8.77. The van der Waals surface area contributed by atoms with Gasteiger partial charge in [0.2, 0.25) is 10.0 Å². The van der Waals surface area contributed by atoms with E-state index in [4.69, 9.17) is 0 Å². The molecular weight excluding hydrogens is 262 g/mol. The molecule has 1 unspecified atom stereocenters. The Kier molecular flexibility index (Phi) is 5.58. The van der Waals surface area contributed by atoms with E-state index < -0.39 is 10.0 Å². The summed E-state index contributed by atoms with van der Waals surface area (Å²) in [6.45, 7) is 9.42. The maximum absolute atomic E-state index is 12.2. The molecule has 0 aliphatic carbocycles. The van der Waals surface area contributed by atoms with Gasteiger partial charge in [0.05, 0.1) is 4.90 Å². The van der Waals surface area contributed by atoms with Gasteiger partial charge >= 0.3 is 0 Å². The molecule has 0 spiro atoms. The van der Waals surface area contributed by atoms with Crippen LogP contribution in [0.5, 0.6) is 0 Å². The molecule has 1 heterocycles. The molecule has 0 aliphatic rings. The number of hydrogen-bond donors (Lipinski definition) is 2. The highest BCUT2D eigenvalue weighted by Crippen LogP contribution is 2.15. The van der Waals surface area contributed by atoms with Crippen LogP contribution in [0.4, 0.5) is 0 Å². The summed E-state index contributed by atoms with van der Waals surface area (Å²) < 4.78 is 29.0. The Morgan fingerprint density at radius 1 is 1.32 bits per heavy atom. The molecule has 1 atom stereocenters. The highest BCUT2D eigenvalue weighted by molar-refractivity contribution is 7.89. The van der Waals surface area contributed by atoms with E-state index in [0.717, 1.165) is 12.2 Å². The third kappa shape index (κ3) is 4.33. The molecule has 0 fully saturated rings. The zero-order valence-electron chi connectivity index (χ0n) is 12.4. The molecule has 110 valence electrons. The Hall–Kier alpha value is -0.850. The predicted octanol–water partition coefficient (Wildman–Crippen LogP) is 1.46. The van der Waals surface area contributed by atoms with E-state index >= 15 is 0 Å². The van der Waals surface area contributed by atoms with Gasteiger partial charge in [0.1, 0.15) is 0 Å². The Labute approximate surface area is 116 Å². The second-order valence-corrected chi connectivity index (χ2v) is 6.93. The summed E-state index contributed by atoms with van der Waals surface area (Å²) in [4.78, 5) is 0.329. The van der Waals surface area contributed by atoms with Crippen LogP contribution in [-0.4, -0.2) is 25.6 Å². The number of nitrogens with one attached hydrogen (secondary N) is 2. The average molecular weight is 287 g/mol. The van der Waals surface area contributed by atoms with Crippen molar-refractivity contribution >= 4 is 10.0 Å². The molecule has 0 saturated carbocycles. The summed E-state index contributed by atoms with van der Waals surface area (Å²) in [6, 6.07) is 1.64. The molecule has 0 aromatic carbocycles. The van der Waals surface area contributed by atoms with Crippen LogP contribution in [0.2, 0.25) is 0 Å². The van der Waals surface area contributed by atoms with Crippen molar-refractivity contribution in [2.75, 3.05) is 6.54 Å². The first-order valence-electron chi connectivity index (χ1n) is 6.66. The molecule has 1 aromatic heterocycles. The molecular formula is C13H25N3O2S. The molecule has 19 heavy (non-hydrogen) atoms. The zero-order chi connectivity index (χ0) is 14.6. The zero-order valence-corrected chi connectivity index (χ0v) is 13.2. The molecule has 0 saturated heterocycles. The maximum atomic E-state index is 12.2. The second-order valence-electron chi connectivity index (χ2n) is 5.21. The quantitative estimate of drug-likeness (QED) is 0.798. The highest BCUT2D eigenvalue weighted by Gasteiger charge is 2.21. The van der Waals surface area contributed by atoms with Crippen LogP contribution in [0.25, 0.3) is 0 Å². The van der Waals surface area contributed by atoms with Gasteiger partial charge in [-0.2, -0.15) is 0 Å². The van der Waals surface area contributed by atoms with Gasteiger partial charge in [-0.25, -0.2) is 13.1 Å². The van der Waals surface area contributed by atoms with Gasteiger partial charge in [0, 0.05) is 31.5 Å². The number of rotatable bonds is 7. The number of sulfonamides is 1. The van der Waals surface area contributed by atoms with E-state index in [-0.39, 0.29) is 12.0 Å². The van der Waals surface area contributed by atoms with E-state index in [1.54, 1.807) is 12.3 Å². The molecule has 0 bridgehead atoms. The summed E-state index contributed by atoms with van der Waals surface area (Å²) in [5, 5.41) is 3.19. The number of nitrogens with zero attached hydrogens (tertiary/aromatic N) is 1. The summed E-state index contributed by atoms with van der Waals surface area (Å²) in [5.74, 6) is 0.264. The Bertz CT molecular complexity index is 506. The monoisotopic (exact) mass is 287 g/mol. The van der Waals surface area contributed by atoms with Crippen molar-refractivity contribution in [1.29, 1.82) is 0 Å². The lowest BCUT2D eigenvalue weighted by molar-refractivity contribution is 0.476. The molecule has 0 radical (unpaired) electrons. The SMILES string of the molecule is CCNCc1cc(S(=O)(=O)NC(C)C(C)C)cn1C. The van der Waals surface area contributed by atoms with Crippen molar-refractivity contribution in [3.05, 3.63) is 18.0 Å². The molecule has 0 aliphatic heterocycles. The summed E-state index contributed by atoms with van der Waals surface area (Å²) in [5.41, 5.74) is 0.958. The largest absolute Gasteiger partial charge is 0.352 e. The molecule has 6 heteroatoms. The minimum Gasteiger partial charge on any atom is -0.352 e. The van der Waals surface area contributed by atoms with Gasteiger partial charge < -0.3 is 9.88 Å². The second kappa shape index (κ2) is 6.54. The van der Waals surface area contributed by atoms with Gasteiger partial charge in [-0.15, -0.1) is 0 Å². The standard InChI is InChI=1S/C13H25N3O2S/c1-6-14-8-12-7-13(9-16(12)5)19(17,18)15-11(4)10(2)3/h7,9-11,14-15H,6,8H2,1-5H3. The van der Waals surface area contributed by atoms with Crippen LogP contribution >= 0.6 is 0 Å². The average Bonchev–Trinajstić information content (AvgIpc) is 2.68. The van der Waals surface area contributed by atoms with Gasteiger partial charge in [-0.05, 0) is 25.5 Å².